The van der Waals surface area contributed by atoms with Gasteiger partial charge in [0.1, 0.15) is 11.5 Å². The first kappa shape index (κ1) is 25.4. The number of unbranched alkanes of at least 4 members (excludes halogenated alkanes) is 2. The molecule has 0 spiro atoms. The molecule has 2 N–H and O–H groups in total. The van der Waals surface area contributed by atoms with Crippen LogP contribution in [0.25, 0.3) is 10.9 Å². The summed E-state index contributed by atoms with van der Waals surface area (Å²) in [7, 11) is 0. The van der Waals surface area contributed by atoms with Crippen LogP contribution >= 0.6 is 0 Å². The van der Waals surface area contributed by atoms with Gasteiger partial charge in [-0.15, -0.1) is 0 Å². The van der Waals surface area contributed by atoms with Gasteiger partial charge in [0.05, 0.1) is 11.1 Å². The number of aryl methyl sites for hydroxylation is 1. The zero-order chi connectivity index (χ0) is 24.7. The number of aromatic nitrogens is 1. The van der Waals surface area contributed by atoms with Crippen LogP contribution in [-0.4, -0.2) is 20.7 Å². The van der Waals surface area contributed by atoms with E-state index in [1.54, 1.807) is 16.8 Å². The lowest BCUT2D eigenvalue weighted by molar-refractivity contribution is 0.0961. The van der Waals surface area contributed by atoms with Crippen molar-refractivity contribution in [2.45, 2.75) is 72.6 Å². The molecule has 0 radical (unpaired) electrons. The molecule has 4 heteroatoms. The van der Waals surface area contributed by atoms with E-state index in [1.165, 1.54) is 11.1 Å². The van der Waals surface area contributed by atoms with Gasteiger partial charge >= 0.3 is 0 Å². The topological polar surface area (TPSA) is 62.5 Å². The number of aromatic hydroxyl groups is 2. The highest BCUT2D eigenvalue weighted by molar-refractivity contribution is 6.05. The molecule has 0 bridgehead atoms. The number of carbonyl (C=O) groups excluding carboxylic acids is 1. The molecule has 0 aliphatic heterocycles. The molecule has 1 aromatic heterocycles. The number of carbonyl (C=O) groups is 1. The lowest BCUT2D eigenvalue weighted by atomic mass is 9.94. The third-order valence-corrected chi connectivity index (χ3v) is 6.29. The van der Waals surface area contributed by atoms with Crippen LogP contribution in [0.2, 0.25) is 0 Å². The van der Waals surface area contributed by atoms with Crippen molar-refractivity contribution >= 4 is 16.8 Å². The van der Waals surface area contributed by atoms with Crippen molar-refractivity contribution in [1.82, 2.24) is 4.57 Å². The number of fused-ring (bicyclic) bond motifs is 1. The van der Waals surface area contributed by atoms with Crippen LogP contribution in [0.15, 0.2) is 65.9 Å². The number of rotatable bonds is 10. The number of allylic oxidation sites excluding steroid dienone is 4. The largest absolute Gasteiger partial charge is 0.508 e. The Morgan fingerprint density at radius 3 is 2.53 bits per heavy atom. The molecule has 3 rings (SSSR count). The Kier molecular flexibility index (Phi) is 8.75. The summed E-state index contributed by atoms with van der Waals surface area (Å²) in [5, 5.41) is 23.0. The van der Waals surface area contributed by atoms with Crippen LogP contribution < -0.4 is 0 Å². The molecule has 0 fully saturated rings. The molecule has 180 valence electrons. The van der Waals surface area contributed by atoms with Gasteiger partial charge in [-0.1, -0.05) is 61.3 Å². The van der Waals surface area contributed by atoms with Gasteiger partial charge in [-0.3, -0.25) is 9.36 Å². The Labute approximate surface area is 203 Å². The van der Waals surface area contributed by atoms with Gasteiger partial charge < -0.3 is 10.2 Å². The monoisotopic (exact) mass is 459 g/mol. The summed E-state index contributed by atoms with van der Waals surface area (Å²) in [5.74, 6) is -0.329. The van der Waals surface area contributed by atoms with Crippen molar-refractivity contribution in [3.8, 4) is 11.5 Å². The Morgan fingerprint density at radius 2 is 1.79 bits per heavy atom. The fraction of sp³-hybridized carbons (Fsp3) is 0.367. The van der Waals surface area contributed by atoms with E-state index in [4.69, 9.17) is 0 Å². The number of benzene rings is 2. The molecule has 4 nitrogen and oxygen atoms in total. The number of hydrogen-bond donors (Lipinski definition) is 2. The van der Waals surface area contributed by atoms with Gasteiger partial charge in [0.25, 0.3) is 5.91 Å². The minimum Gasteiger partial charge on any atom is -0.508 e. The zero-order valence-electron chi connectivity index (χ0n) is 20.9. The Morgan fingerprint density at radius 1 is 1.03 bits per heavy atom. The van der Waals surface area contributed by atoms with Crippen LogP contribution in [0.3, 0.4) is 0 Å². The van der Waals surface area contributed by atoms with E-state index in [1.807, 2.05) is 36.4 Å². The quantitative estimate of drug-likeness (QED) is 0.241. The van der Waals surface area contributed by atoms with Crippen LogP contribution in [0.4, 0.5) is 0 Å². The first-order chi connectivity index (χ1) is 16.3. The molecule has 3 aromatic rings. The van der Waals surface area contributed by atoms with Crippen LogP contribution in [0.5, 0.6) is 11.5 Å². The molecule has 2 aromatic carbocycles. The van der Waals surface area contributed by atoms with Crippen LogP contribution in [-0.2, 0) is 12.8 Å². The predicted molar refractivity (Wildman–Crippen MR) is 141 cm³/mol. The summed E-state index contributed by atoms with van der Waals surface area (Å²) in [6.07, 6.45) is 11.8. The van der Waals surface area contributed by atoms with Crippen molar-refractivity contribution < 1.29 is 15.0 Å². The highest BCUT2D eigenvalue weighted by Crippen LogP contribution is 2.36. The van der Waals surface area contributed by atoms with Crippen molar-refractivity contribution in [3.63, 3.8) is 0 Å². The number of nitrogens with zero attached hydrogens (tertiary/aromatic N) is 1. The van der Waals surface area contributed by atoms with Gasteiger partial charge in [0.2, 0.25) is 0 Å². The highest BCUT2D eigenvalue weighted by Gasteiger charge is 2.24. The van der Waals surface area contributed by atoms with Crippen LogP contribution in [0.1, 0.15) is 81.3 Å². The van der Waals surface area contributed by atoms with Crippen molar-refractivity contribution in [2.75, 3.05) is 0 Å². The van der Waals surface area contributed by atoms with Gasteiger partial charge in [-0.25, -0.2) is 0 Å². The van der Waals surface area contributed by atoms with Gasteiger partial charge in [0, 0.05) is 17.1 Å². The average molecular weight is 460 g/mol. The maximum Gasteiger partial charge on any atom is 0.266 e. The van der Waals surface area contributed by atoms with Crippen molar-refractivity contribution in [3.05, 3.63) is 82.6 Å². The maximum atomic E-state index is 13.7. The van der Waals surface area contributed by atoms with E-state index in [-0.39, 0.29) is 17.4 Å². The number of hydrogen-bond acceptors (Lipinski definition) is 3. The molecule has 0 saturated heterocycles. The SMILES string of the molecule is CCCCCc1cc(O)c(CC=C(C)CCC=C(C)C)c(O)c1C(=O)n1ccc2ccccc21. The second-order valence-corrected chi connectivity index (χ2v) is 9.34. The summed E-state index contributed by atoms with van der Waals surface area (Å²) in [5.41, 5.74) is 4.67. The number of para-hydroxylation sites is 1. The van der Waals surface area contributed by atoms with Crippen molar-refractivity contribution in [2.24, 2.45) is 0 Å². The molecular formula is C30H37NO3. The summed E-state index contributed by atoms with van der Waals surface area (Å²) in [6, 6.07) is 11.3. The summed E-state index contributed by atoms with van der Waals surface area (Å²) < 4.78 is 1.59. The molecule has 0 saturated carbocycles. The fourth-order valence-electron chi connectivity index (χ4n) is 4.30. The van der Waals surface area contributed by atoms with E-state index < -0.39 is 0 Å². The van der Waals surface area contributed by atoms with E-state index in [2.05, 4.69) is 33.8 Å². The third kappa shape index (κ3) is 5.99. The first-order valence-electron chi connectivity index (χ1n) is 12.3. The Bertz CT molecular complexity index is 1210. The second-order valence-electron chi connectivity index (χ2n) is 9.34. The normalized spacial score (nSPS) is 11.7. The molecule has 34 heavy (non-hydrogen) atoms. The van der Waals surface area contributed by atoms with E-state index in [0.717, 1.165) is 43.0 Å². The average Bonchev–Trinajstić information content (AvgIpc) is 3.22. The maximum absolute atomic E-state index is 13.7. The molecule has 0 amide bonds. The number of phenolic OH excluding ortho intramolecular Hbond substituents is 2. The Hall–Kier alpha value is -3.27. The molecule has 0 aliphatic carbocycles. The molecule has 0 unspecified atom stereocenters. The highest BCUT2D eigenvalue weighted by atomic mass is 16.3. The van der Waals surface area contributed by atoms with Gasteiger partial charge in [0.15, 0.2) is 0 Å². The smallest absolute Gasteiger partial charge is 0.266 e. The van der Waals surface area contributed by atoms with Gasteiger partial charge in [-0.05, 0) is 76.6 Å². The first-order valence-corrected chi connectivity index (χ1v) is 12.3. The summed E-state index contributed by atoms with van der Waals surface area (Å²) >= 11 is 0. The second kappa shape index (κ2) is 11.7. The van der Waals surface area contributed by atoms with Crippen LogP contribution in [0, 0.1) is 0 Å². The third-order valence-electron chi connectivity index (χ3n) is 6.29. The molecule has 0 aliphatic rings. The standard InChI is InChI=1S/C30H37NO3/c1-5-6-7-14-24-20-27(32)25(17-16-22(4)12-10-11-21(2)3)29(33)28(24)30(34)31-19-18-23-13-8-9-15-26(23)31/h8-9,11,13,15-16,18-20,32-33H,5-7,10,12,14,17H2,1-4H3. The molecule has 1 heterocycles. The zero-order valence-corrected chi connectivity index (χ0v) is 20.9. The van der Waals surface area contributed by atoms with Crippen molar-refractivity contribution in [1.29, 1.82) is 0 Å². The minimum absolute atomic E-state index is 0.0475. The fourth-order valence-corrected chi connectivity index (χ4v) is 4.30. The van der Waals surface area contributed by atoms with Gasteiger partial charge in [-0.2, -0.15) is 0 Å². The summed E-state index contributed by atoms with van der Waals surface area (Å²) in [6.45, 7) is 8.36. The lowest BCUT2D eigenvalue weighted by Crippen LogP contribution is -2.14. The Balaban J connectivity index is 2.00. The van der Waals surface area contributed by atoms with E-state index >= 15 is 0 Å². The molecular weight excluding hydrogens is 422 g/mol. The summed E-state index contributed by atoms with van der Waals surface area (Å²) in [4.78, 5) is 13.7. The van der Waals surface area contributed by atoms with E-state index in [0.29, 0.717) is 29.5 Å². The number of phenols is 2. The molecule has 0 atom stereocenters. The lowest BCUT2D eigenvalue weighted by Gasteiger charge is -2.16. The predicted octanol–water partition coefficient (Wildman–Crippen LogP) is 7.71. The van der Waals surface area contributed by atoms with E-state index in [9.17, 15) is 15.0 Å². The minimum atomic E-state index is -0.268.